The third-order valence-electron chi connectivity index (χ3n) is 4.29. The fourth-order valence-electron chi connectivity index (χ4n) is 2.55. The summed E-state index contributed by atoms with van der Waals surface area (Å²) >= 11 is 9.11. The van der Waals surface area contributed by atoms with E-state index in [1.54, 1.807) is 6.07 Å². The van der Waals surface area contributed by atoms with E-state index >= 15 is 0 Å². The molecule has 3 N–H and O–H groups in total. The summed E-state index contributed by atoms with van der Waals surface area (Å²) in [6.07, 6.45) is 2.00. The number of anilines is 1. The van der Waals surface area contributed by atoms with Crippen LogP contribution >= 0.6 is 27.5 Å². The van der Waals surface area contributed by atoms with Crippen LogP contribution in [0.4, 0.5) is 5.69 Å². The van der Waals surface area contributed by atoms with Crippen molar-refractivity contribution in [2.45, 2.75) is 38.8 Å². The molecule has 0 aromatic carbocycles. The van der Waals surface area contributed by atoms with Crippen LogP contribution in [0.1, 0.15) is 27.2 Å². The summed E-state index contributed by atoms with van der Waals surface area (Å²) in [5.41, 5.74) is 5.48. The number of nitrogens with two attached hydrogens (primary N) is 1. The molecule has 116 valence electrons. The number of carbonyl (C=O) groups is 1. The molecular weight excluding hydrogens is 358 g/mol. The predicted octanol–water partition coefficient (Wildman–Crippen LogP) is 2.97. The van der Waals surface area contributed by atoms with Gasteiger partial charge in [0.2, 0.25) is 5.91 Å². The Morgan fingerprint density at radius 2 is 2.33 bits per heavy atom. The van der Waals surface area contributed by atoms with Crippen LogP contribution in [-0.4, -0.2) is 29.1 Å². The van der Waals surface area contributed by atoms with Gasteiger partial charge in [-0.1, -0.05) is 25.4 Å². The molecule has 0 spiro atoms. The van der Waals surface area contributed by atoms with Crippen molar-refractivity contribution in [3.8, 4) is 0 Å². The van der Waals surface area contributed by atoms with E-state index in [4.69, 9.17) is 22.1 Å². The van der Waals surface area contributed by atoms with Crippen LogP contribution in [0, 0.1) is 5.41 Å². The van der Waals surface area contributed by atoms with Crippen molar-refractivity contribution in [1.82, 2.24) is 4.98 Å². The van der Waals surface area contributed by atoms with Gasteiger partial charge in [-0.15, -0.1) is 0 Å². The molecule has 5 nitrogen and oxygen atoms in total. The molecule has 0 bridgehead atoms. The number of nitrogens with zero attached hydrogens (tertiary/aromatic N) is 1. The minimum atomic E-state index is -0.959. The Labute approximate surface area is 137 Å². The Morgan fingerprint density at radius 3 is 2.86 bits per heavy atom. The van der Waals surface area contributed by atoms with Crippen molar-refractivity contribution in [2.24, 2.45) is 11.1 Å². The van der Waals surface area contributed by atoms with E-state index in [9.17, 15) is 4.79 Å². The molecule has 2 atom stereocenters. The number of rotatable bonds is 4. The van der Waals surface area contributed by atoms with Gasteiger partial charge in [0.15, 0.2) is 0 Å². The third-order valence-corrected chi connectivity index (χ3v) is 5.42. The van der Waals surface area contributed by atoms with Crippen LogP contribution in [0.2, 0.25) is 5.15 Å². The van der Waals surface area contributed by atoms with Crippen molar-refractivity contribution in [1.29, 1.82) is 0 Å². The fourth-order valence-corrected chi connectivity index (χ4v) is 3.01. The highest BCUT2D eigenvalue weighted by molar-refractivity contribution is 9.10. The average molecular weight is 377 g/mol. The largest absolute Gasteiger partial charge is 0.378 e. The topological polar surface area (TPSA) is 77.2 Å². The maximum absolute atomic E-state index is 12.5. The molecule has 1 heterocycles. The first-order chi connectivity index (χ1) is 9.72. The number of nitrogens with one attached hydrogen (secondary N) is 1. The highest BCUT2D eigenvalue weighted by atomic mass is 79.9. The zero-order valence-electron chi connectivity index (χ0n) is 12.2. The second-order valence-electron chi connectivity index (χ2n) is 5.79. The summed E-state index contributed by atoms with van der Waals surface area (Å²) in [6, 6.07) is 1.70. The van der Waals surface area contributed by atoms with E-state index < -0.39 is 11.0 Å². The Kier molecular flexibility index (Phi) is 4.63. The first-order valence-electron chi connectivity index (χ1n) is 6.75. The molecule has 2 unspecified atom stereocenters. The van der Waals surface area contributed by atoms with Gasteiger partial charge < -0.3 is 15.8 Å². The molecule has 1 fully saturated rings. The number of aromatic nitrogens is 1. The van der Waals surface area contributed by atoms with Crippen molar-refractivity contribution < 1.29 is 9.53 Å². The van der Waals surface area contributed by atoms with Gasteiger partial charge >= 0.3 is 0 Å². The second-order valence-corrected chi connectivity index (χ2v) is 7.00. The number of halogens is 2. The minimum Gasteiger partial charge on any atom is -0.378 e. The standard InChI is InChI=1S/C14H19BrClN3O2/c1-4-21-10-6-14(17,13(10,2)3)12(20)19-8-5-9(15)11(16)18-7-8/h5,7,10H,4,6,17H2,1-3H3,(H,19,20). The van der Waals surface area contributed by atoms with Crippen LogP contribution in [0.15, 0.2) is 16.7 Å². The molecule has 1 aliphatic carbocycles. The van der Waals surface area contributed by atoms with Crippen molar-refractivity contribution >= 4 is 39.1 Å². The molecule has 7 heteroatoms. The zero-order chi connectivity index (χ0) is 15.8. The maximum Gasteiger partial charge on any atom is 0.245 e. The molecule has 1 saturated carbocycles. The lowest BCUT2D eigenvalue weighted by Gasteiger charge is -2.57. The van der Waals surface area contributed by atoms with Crippen LogP contribution in [-0.2, 0) is 9.53 Å². The van der Waals surface area contributed by atoms with Gasteiger partial charge in [-0.2, -0.15) is 0 Å². The summed E-state index contributed by atoms with van der Waals surface area (Å²) < 4.78 is 6.25. The lowest BCUT2D eigenvalue weighted by Crippen LogP contribution is -2.74. The van der Waals surface area contributed by atoms with Gasteiger partial charge in [0.05, 0.1) is 22.5 Å². The Balaban J connectivity index is 2.12. The molecule has 1 aliphatic rings. The lowest BCUT2D eigenvalue weighted by atomic mass is 9.54. The van der Waals surface area contributed by atoms with E-state index in [2.05, 4.69) is 26.2 Å². The van der Waals surface area contributed by atoms with Crippen LogP contribution in [0.3, 0.4) is 0 Å². The molecule has 1 aromatic rings. The van der Waals surface area contributed by atoms with Crippen LogP contribution in [0.25, 0.3) is 0 Å². The SMILES string of the molecule is CCOC1CC(N)(C(=O)Nc2cnc(Cl)c(Br)c2)C1(C)C. The number of carbonyl (C=O) groups excluding carboxylic acids is 1. The quantitative estimate of drug-likeness (QED) is 0.792. The Morgan fingerprint density at radius 1 is 1.67 bits per heavy atom. The lowest BCUT2D eigenvalue weighted by molar-refractivity contribution is -0.166. The van der Waals surface area contributed by atoms with Crippen LogP contribution in [0.5, 0.6) is 0 Å². The molecule has 0 aliphatic heterocycles. The molecule has 2 rings (SSSR count). The highest BCUT2D eigenvalue weighted by Gasteiger charge is 2.62. The summed E-state index contributed by atoms with van der Waals surface area (Å²) in [5.74, 6) is -0.237. The maximum atomic E-state index is 12.5. The molecule has 21 heavy (non-hydrogen) atoms. The van der Waals surface area contributed by atoms with E-state index in [1.165, 1.54) is 6.20 Å². The van der Waals surface area contributed by atoms with Gasteiger partial charge in [0.25, 0.3) is 0 Å². The normalized spacial score (nSPS) is 27.0. The van der Waals surface area contributed by atoms with E-state index in [-0.39, 0.29) is 12.0 Å². The molecule has 1 aromatic heterocycles. The predicted molar refractivity (Wildman–Crippen MR) is 86.3 cm³/mol. The molecule has 0 saturated heterocycles. The first-order valence-corrected chi connectivity index (χ1v) is 7.92. The average Bonchev–Trinajstić information content (AvgIpc) is 2.42. The van der Waals surface area contributed by atoms with Gasteiger partial charge in [0, 0.05) is 18.4 Å². The molecular formula is C14H19BrClN3O2. The van der Waals surface area contributed by atoms with Crippen molar-refractivity contribution in [2.75, 3.05) is 11.9 Å². The minimum absolute atomic E-state index is 0.00618. The third kappa shape index (κ3) is 2.82. The second kappa shape index (κ2) is 5.83. The summed E-state index contributed by atoms with van der Waals surface area (Å²) in [5, 5.41) is 3.14. The number of hydrogen-bond donors (Lipinski definition) is 2. The Hall–Kier alpha value is -0.690. The van der Waals surface area contributed by atoms with E-state index in [1.807, 2.05) is 20.8 Å². The summed E-state index contributed by atoms with van der Waals surface area (Å²) in [4.78, 5) is 16.5. The summed E-state index contributed by atoms with van der Waals surface area (Å²) in [7, 11) is 0. The summed E-state index contributed by atoms with van der Waals surface area (Å²) in [6.45, 7) is 6.45. The van der Waals surface area contributed by atoms with Gasteiger partial charge in [-0.25, -0.2) is 4.98 Å². The van der Waals surface area contributed by atoms with Crippen molar-refractivity contribution in [3.05, 3.63) is 21.9 Å². The van der Waals surface area contributed by atoms with Crippen LogP contribution < -0.4 is 11.1 Å². The number of amides is 1. The monoisotopic (exact) mass is 375 g/mol. The number of ether oxygens (including phenoxy) is 1. The van der Waals surface area contributed by atoms with Crippen molar-refractivity contribution in [3.63, 3.8) is 0 Å². The van der Waals surface area contributed by atoms with Gasteiger partial charge in [-0.3, -0.25) is 4.79 Å². The van der Waals surface area contributed by atoms with Gasteiger partial charge in [0.1, 0.15) is 10.7 Å². The number of hydrogen-bond acceptors (Lipinski definition) is 4. The first kappa shape index (κ1) is 16.7. The highest BCUT2D eigenvalue weighted by Crippen LogP contribution is 2.50. The fraction of sp³-hybridized carbons (Fsp3) is 0.571. The zero-order valence-corrected chi connectivity index (χ0v) is 14.6. The smallest absolute Gasteiger partial charge is 0.245 e. The number of pyridine rings is 1. The molecule has 1 amide bonds. The van der Waals surface area contributed by atoms with E-state index in [0.29, 0.717) is 28.3 Å². The van der Waals surface area contributed by atoms with E-state index in [0.717, 1.165) is 0 Å². The Bertz CT molecular complexity index is 567. The molecule has 0 radical (unpaired) electrons. The van der Waals surface area contributed by atoms with Gasteiger partial charge in [-0.05, 0) is 28.9 Å².